The first-order chi connectivity index (χ1) is 8.94. The van der Waals surface area contributed by atoms with Crippen molar-refractivity contribution >= 4 is 38.6 Å². The topological polar surface area (TPSA) is 66.4 Å². The molecular weight excluding hydrogens is 313 g/mol. The van der Waals surface area contributed by atoms with Crippen LogP contribution in [0.3, 0.4) is 0 Å². The van der Waals surface area contributed by atoms with Crippen LogP contribution in [0.25, 0.3) is 0 Å². The van der Waals surface area contributed by atoms with Crippen molar-refractivity contribution < 1.29 is 17.9 Å². The molecule has 0 bridgehead atoms. The van der Waals surface area contributed by atoms with Gasteiger partial charge in [0.2, 0.25) is 0 Å². The van der Waals surface area contributed by atoms with Crippen LogP contribution in [0.4, 0.5) is 10.1 Å². The van der Waals surface area contributed by atoms with Crippen molar-refractivity contribution in [1.29, 1.82) is 0 Å². The third kappa shape index (κ3) is 3.06. The smallest absolute Gasteiger partial charge is 0.263 e. The first-order valence-electron chi connectivity index (χ1n) is 5.09. The SMILES string of the molecule is O=S(=O)(Nc1ccc(Cl)c(F)c1)c1ccsc1CO. The number of rotatable bonds is 4. The van der Waals surface area contributed by atoms with Gasteiger partial charge < -0.3 is 5.11 Å². The number of nitrogens with one attached hydrogen (secondary N) is 1. The zero-order valence-corrected chi connectivity index (χ0v) is 11.8. The van der Waals surface area contributed by atoms with E-state index in [9.17, 15) is 12.8 Å². The lowest BCUT2D eigenvalue weighted by molar-refractivity contribution is 0.282. The number of aliphatic hydroxyl groups is 1. The van der Waals surface area contributed by atoms with Crippen LogP contribution < -0.4 is 4.72 Å². The largest absolute Gasteiger partial charge is 0.391 e. The quantitative estimate of drug-likeness (QED) is 0.910. The molecule has 0 spiro atoms. The Labute approximate surface area is 118 Å². The van der Waals surface area contributed by atoms with Crippen molar-refractivity contribution in [3.05, 3.63) is 45.4 Å². The number of thiophene rings is 1. The Kier molecular flexibility index (Phi) is 4.10. The van der Waals surface area contributed by atoms with E-state index in [2.05, 4.69) is 4.72 Å². The molecule has 2 rings (SSSR count). The first-order valence-corrected chi connectivity index (χ1v) is 7.83. The van der Waals surface area contributed by atoms with E-state index in [1.165, 1.54) is 18.2 Å². The van der Waals surface area contributed by atoms with E-state index in [1.807, 2.05) is 0 Å². The minimum absolute atomic E-state index is 0.0182. The van der Waals surface area contributed by atoms with Gasteiger partial charge in [-0.1, -0.05) is 11.6 Å². The number of sulfonamides is 1. The maximum Gasteiger partial charge on any atom is 0.263 e. The van der Waals surface area contributed by atoms with Crippen molar-refractivity contribution in [1.82, 2.24) is 0 Å². The molecule has 0 aliphatic heterocycles. The molecule has 0 saturated carbocycles. The summed E-state index contributed by atoms with van der Waals surface area (Å²) >= 11 is 6.64. The molecule has 0 unspecified atom stereocenters. The van der Waals surface area contributed by atoms with Crippen molar-refractivity contribution in [2.75, 3.05) is 4.72 Å². The lowest BCUT2D eigenvalue weighted by Gasteiger charge is -2.08. The average Bonchev–Trinajstić information content (AvgIpc) is 2.82. The summed E-state index contributed by atoms with van der Waals surface area (Å²) in [6.07, 6.45) is 0. The number of anilines is 1. The highest BCUT2D eigenvalue weighted by Crippen LogP contribution is 2.25. The Bertz CT molecular complexity index is 700. The van der Waals surface area contributed by atoms with Crippen molar-refractivity contribution in [3.8, 4) is 0 Å². The Morgan fingerprint density at radius 3 is 2.74 bits per heavy atom. The van der Waals surface area contributed by atoms with E-state index in [0.29, 0.717) is 4.88 Å². The number of benzene rings is 1. The van der Waals surface area contributed by atoms with E-state index in [4.69, 9.17) is 16.7 Å². The molecule has 0 atom stereocenters. The minimum Gasteiger partial charge on any atom is -0.391 e. The predicted molar refractivity (Wildman–Crippen MR) is 72.5 cm³/mol. The van der Waals surface area contributed by atoms with E-state index < -0.39 is 15.8 Å². The number of hydrogen-bond acceptors (Lipinski definition) is 4. The van der Waals surface area contributed by atoms with Crippen LogP contribution in [0.2, 0.25) is 5.02 Å². The van der Waals surface area contributed by atoms with E-state index in [1.54, 1.807) is 5.38 Å². The molecule has 0 radical (unpaired) electrons. The summed E-state index contributed by atoms with van der Waals surface area (Å²) in [6.45, 7) is -0.372. The second-order valence-corrected chi connectivity index (χ2v) is 6.66. The van der Waals surface area contributed by atoms with Gasteiger partial charge in [0.25, 0.3) is 10.0 Å². The molecule has 4 nitrogen and oxygen atoms in total. The van der Waals surface area contributed by atoms with Crippen molar-refractivity contribution in [3.63, 3.8) is 0 Å². The molecule has 0 fully saturated rings. The Hall–Kier alpha value is -1.15. The molecule has 0 saturated heterocycles. The van der Waals surface area contributed by atoms with Gasteiger partial charge in [-0.3, -0.25) is 4.72 Å². The molecule has 19 heavy (non-hydrogen) atoms. The van der Waals surface area contributed by atoms with Gasteiger partial charge in [0, 0.05) is 0 Å². The minimum atomic E-state index is -3.85. The zero-order valence-electron chi connectivity index (χ0n) is 9.43. The van der Waals surface area contributed by atoms with Gasteiger partial charge in [0.15, 0.2) is 0 Å². The Balaban J connectivity index is 2.34. The third-order valence-electron chi connectivity index (χ3n) is 2.31. The Morgan fingerprint density at radius 2 is 2.11 bits per heavy atom. The predicted octanol–water partition coefficient (Wildman–Crippen LogP) is 2.83. The van der Waals surface area contributed by atoms with Crippen LogP contribution in [0, 0.1) is 5.82 Å². The normalized spacial score (nSPS) is 11.5. The van der Waals surface area contributed by atoms with Gasteiger partial charge in [0.05, 0.1) is 22.2 Å². The second kappa shape index (κ2) is 5.46. The molecule has 1 heterocycles. The monoisotopic (exact) mass is 321 g/mol. The van der Waals surface area contributed by atoms with Crippen LogP contribution in [-0.4, -0.2) is 13.5 Å². The third-order valence-corrected chi connectivity index (χ3v) is 5.12. The molecule has 1 aromatic carbocycles. The summed E-state index contributed by atoms with van der Waals surface area (Å²) in [7, 11) is -3.85. The summed E-state index contributed by atoms with van der Waals surface area (Å²) in [5.41, 5.74) is 0.0667. The second-order valence-electron chi connectivity index (χ2n) is 3.60. The van der Waals surface area contributed by atoms with Gasteiger partial charge in [-0.05, 0) is 29.6 Å². The van der Waals surface area contributed by atoms with Crippen LogP contribution in [0.5, 0.6) is 0 Å². The number of hydrogen-bond donors (Lipinski definition) is 2. The Morgan fingerprint density at radius 1 is 1.37 bits per heavy atom. The molecule has 1 aromatic heterocycles. The summed E-state index contributed by atoms with van der Waals surface area (Å²) in [4.78, 5) is 0.303. The molecule has 0 amide bonds. The van der Waals surface area contributed by atoms with Gasteiger partial charge in [-0.25, -0.2) is 12.8 Å². The molecule has 102 valence electrons. The number of halogens is 2. The molecule has 8 heteroatoms. The molecule has 0 aliphatic rings. The van der Waals surface area contributed by atoms with E-state index in [0.717, 1.165) is 17.4 Å². The highest BCUT2D eigenvalue weighted by molar-refractivity contribution is 7.93. The van der Waals surface area contributed by atoms with Crippen LogP contribution in [0.15, 0.2) is 34.5 Å². The van der Waals surface area contributed by atoms with Gasteiger partial charge in [-0.2, -0.15) is 0 Å². The molecule has 2 N–H and O–H groups in total. The number of aliphatic hydroxyl groups excluding tert-OH is 1. The van der Waals surface area contributed by atoms with Crippen LogP contribution >= 0.6 is 22.9 Å². The summed E-state index contributed by atoms with van der Waals surface area (Å²) in [6, 6.07) is 4.99. The first kappa shape index (κ1) is 14.3. The van der Waals surface area contributed by atoms with Gasteiger partial charge in [0.1, 0.15) is 10.7 Å². The highest BCUT2D eigenvalue weighted by atomic mass is 35.5. The summed E-state index contributed by atoms with van der Waals surface area (Å²) in [5.74, 6) is -0.713. The fourth-order valence-electron chi connectivity index (χ4n) is 1.45. The van der Waals surface area contributed by atoms with Crippen molar-refractivity contribution in [2.45, 2.75) is 11.5 Å². The maximum atomic E-state index is 13.2. The molecule has 2 aromatic rings. The molecule has 0 aliphatic carbocycles. The van der Waals surface area contributed by atoms with E-state index >= 15 is 0 Å². The summed E-state index contributed by atoms with van der Waals surface area (Å²) in [5, 5.41) is 10.5. The lowest BCUT2D eigenvalue weighted by Crippen LogP contribution is -2.13. The zero-order chi connectivity index (χ0) is 14.0. The highest BCUT2D eigenvalue weighted by Gasteiger charge is 2.19. The summed E-state index contributed by atoms with van der Waals surface area (Å²) < 4.78 is 39.6. The average molecular weight is 322 g/mol. The standard InChI is InChI=1S/C11H9ClFNO3S2/c12-8-2-1-7(5-9(8)13)14-19(16,17)11-3-4-18-10(11)6-15/h1-5,14-15H,6H2. The maximum absolute atomic E-state index is 13.2. The van der Waals surface area contributed by atoms with Crippen LogP contribution in [0.1, 0.15) is 4.88 Å². The lowest BCUT2D eigenvalue weighted by atomic mass is 10.3. The molecular formula is C11H9ClFNO3S2. The fourth-order valence-corrected chi connectivity index (χ4v) is 3.92. The van der Waals surface area contributed by atoms with Crippen molar-refractivity contribution in [2.24, 2.45) is 0 Å². The van der Waals surface area contributed by atoms with Gasteiger partial charge >= 0.3 is 0 Å². The van der Waals surface area contributed by atoms with Gasteiger partial charge in [-0.15, -0.1) is 11.3 Å². The van der Waals surface area contributed by atoms with Crippen LogP contribution in [-0.2, 0) is 16.6 Å². The van der Waals surface area contributed by atoms with E-state index in [-0.39, 0.29) is 22.2 Å². The fraction of sp³-hybridized carbons (Fsp3) is 0.0909.